The lowest BCUT2D eigenvalue weighted by Crippen LogP contribution is -2.49. The second-order valence-electron chi connectivity index (χ2n) is 7.13. The summed E-state index contributed by atoms with van der Waals surface area (Å²) in [5, 5.41) is 17.4. The van der Waals surface area contributed by atoms with Crippen molar-refractivity contribution in [1.29, 1.82) is 0 Å². The molecule has 2 saturated heterocycles. The van der Waals surface area contributed by atoms with Gasteiger partial charge < -0.3 is 25.4 Å². The number of ether oxygens (including phenoxy) is 1. The third-order valence-corrected chi connectivity index (χ3v) is 5.11. The van der Waals surface area contributed by atoms with Gasteiger partial charge in [0.25, 0.3) is 0 Å². The molecule has 3 heterocycles. The van der Waals surface area contributed by atoms with E-state index in [1.807, 2.05) is 18.3 Å². The molecule has 27 heavy (non-hydrogen) atoms. The first kappa shape index (κ1) is 22.2. The molecule has 2 aliphatic heterocycles. The fourth-order valence-electron chi connectivity index (χ4n) is 3.44. The molecule has 0 aliphatic carbocycles. The van der Waals surface area contributed by atoms with Crippen LogP contribution in [0.4, 0.5) is 5.82 Å². The normalized spacial score (nSPS) is 20.7. The van der Waals surface area contributed by atoms with Crippen LogP contribution in [-0.2, 0) is 4.74 Å². The highest BCUT2D eigenvalue weighted by Crippen LogP contribution is 2.21. The van der Waals surface area contributed by atoms with E-state index in [1.54, 1.807) is 0 Å². The third kappa shape index (κ3) is 6.76. The van der Waals surface area contributed by atoms with E-state index in [9.17, 15) is 5.11 Å². The van der Waals surface area contributed by atoms with Crippen LogP contribution < -0.4 is 15.5 Å². The van der Waals surface area contributed by atoms with Gasteiger partial charge in [0.15, 0.2) is 5.96 Å². The summed E-state index contributed by atoms with van der Waals surface area (Å²) in [7, 11) is 0. The first-order valence-corrected chi connectivity index (χ1v) is 9.69. The monoisotopic (exact) mass is 489 g/mol. The smallest absolute Gasteiger partial charge is 0.191 e. The zero-order valence-electron chi connectivity index (χ0n) is 16.1. The van der Waals surface area contributed by atoms with E-state index in [1.165, 1.54) is 0 Å². The minimum absolute atomic E-state index is 0. The maximum Gasteiger partial charge on any atom is 0.191 e. The van der Waals surface area contributed by atoms with E-state index in [4.69, 9.17) is 4.74 Å². The highest BCUT2D eigenvalue weighted by Gasteiger charge is 2.30. The van der Waals surface area contributed by atoms with E-state index >= 15 is 0 Å². The van der Waals surface area contributed by atoms with Gasteiger partial charge >= 0.3 is 0 Å². The molecule has 0 saturated carbocycles. The standard InChI is InChI=1S/C19H31N5O2.HI/c1-2-20-18(22-15-19(25)8-13-26-14-9-19)23-16-6-11-24(12-7-16)17-5-3-4-10-21-17;/h3-5,10,16,25H,2,6-9,11-15H2,1H3,(H2,20,22,23);1H. The minimum atomic E-state index is -0.733. The Morgan fingerprint density at radius 2 is 2.07 bits per heavy atom. The Bertz CT molecular complexity index is 573. The number of guanidine groups is 1. The highest BCUT2D eigenvalue weighted by molar-refractivity contribution is 14.0. The Morgan fingerprint density at radius 1 is 1.33 bits per heavy atom. The zero-order valence-corrected chi connectivity index (χ0v) is 18.4. The van der Waals surface area contributed by atoms with E-state index in [-0.39, 0.29) is 24.0 Å². The Balaban J connectivity index is 0.00000261. The molecule has 0 atom stereocenters. The van der Waals surface area contributed by atoms with Crippen LogP contribution in [0.2, 0.25) is 0 Å². The van der Waals surface area contributed by atoms with Crippen molar-refractivity contribution in [2.45, 2.75) is 44.2 Å². The summed E-state index contributed by atoms with van der Waals surface area (Å²) < 4.78 is 5.34. The molecular weight excluding hydrogens is 457 g/mol. The molecule has 3 N–H and O–H groups in total. The average Bonchev–Trinajstić information content (AvgIpc) is 2.68. The molecule has 0 unspecified atom stereocenters. The molecule has 0 bridgehead atoms. The first-order valence-electron chi connectivity index (χ1n) is 9.69. The molecule has 2 aliphatic rings. The van der Waals surface area contributed by atoms with Crippen LogP contribution in [0, 0.1) is 0 Å². The number of pyridine rings is 1. The summed E-state index contributed by atoms with van der Waals surface area (Å²) in [4.78, 5) is 11.4. The van der Waals surface area contributed by atoms with Gasteiger partial charge in [-0.2, -0.15) is 0 Å². The van der Waals surface area contributed by atoms with Gasteiger partial charge in [-0.25, -0.2) is 4.98 Å². The van der Waals surface area contributed by atoms with E-state index in [2.05, 4.69) is 38.5 Å². The number of nitrogens with zero attached hydrogens (tertiary/aromatic N) is 3. The minimum Gasteiger partial charge on any atom is -0.388 e. The van der Waals surface area contributed by atoms with Crippen LogP contribution in [0.25, 0.3) is 0 Å². The molecule has 2 fully saturated rings. The van der Waals surface area contributed by atoms with Crippen molar-refractivity contribution in [3.05, 3.63) is 24.4 Å². The summed E-state index contributed by atoms with van der Waals surface area (Å²) in [6, 6.07) is 6.43. The number of nitrogens with one attached hydrogen (secondary N) is 2. The van der Waals surface area contributed by atoms with Crippen LogP contribution in [-0.4, -0.2) is 67.1 Å². The molecule has 1 aromatic rings. The van der Waals surface area contributed by atoms with E-state index in [0.717, 1.165) is 44.3 Å². The van der Waals surface area contributed by atoms with E-state index in [0.29, 0.717) is 38.6 Å². The zero-order chi connectivity index (χ0) is 18.2. The average molecular weight is 489 g/mol. The van der Waals surface area contributed by atoms with Gasteiger partial charge in [0, 0.05) is 57.9 Å². The van der Waals surface area contributed by atoms with Crippen molar-refractivity contribution in [3.8, 4) is 0 Å². The summed E-state index contributed by atoms with van der Waals surface area (Å²) in [6.45, 7) is 6.47. The van der Waals surface area contributed by atoms with Gasteiger partial charge in [-0.3, -0.25) is 4.99 Å². The Labute approximate surface area is 179 Å². The van der Waals surface area contributed by atoms with Gasteiger partial charge in [-0.15, -0.1) is 24.0 Å². The summed E-state index contributed by atoms with van der Waals surface area (Å²) in [6.07, 6.45) is 5.23. The van der Waals surface area contributed by atoms with Crippen molar-refractivity contribution < 1.29 is 9.84 Å². The lowest BCUT2D eigenvalue weighted by atomic mass is 9.95. The predicted molar refractivity (Wildman–Crippen MR) is 119 cm³/mol. The largest absolute Gasteiger partial charge is 0.388 e. The van der Waals surface area contributed by atoms with Crippen LogP contribution in [0.5, 0.6) is 0 Å². The van der Waals surface area contributed by atoms with Crippen LogP contribution in [0.15, 0.2) is 29.4 Å². The molecule has 7 nitrogen and oxygen atoms in total. The highest BCUT2D eigenvalue weighted by atomic mass is 127. The number of aliphatic hydroxyl groups is 1. The molecule has 1 aromatic heterocycles. The fraction of sp³-hybridized carbons (Fsp3) is 0.684. The third-order valence-electron chi connectivity index (χ3n) is 5.11. The number of halogens is 1. The summed E-state index contributed by atoms with van der Waals surface area (Å²) in [5.74, 6) is 1.84. The SMILES string of the molecule is CCNC(=NCC1(O)CCOCC1)NC1CCN(c2ccccn2)CC1.I. The van der Waals surface area contributed by atoms with Crippen molar-refractivity contribution in [1.82, 2.24) is 15.6 Å². The fourth-order valence-corrected chi connectivity index (χ4v) is 3.44. The molecule has 0 amide bonds. The molecule has 0 aromatic carbocycles. The van der Waals surface area contributed by atoms with Crippen molar-refractivity contribution >= 4 is 35.8 Å². The molecule has 0 spiro atoms. The van der Waals surface area contributed by atoms with Crippen molar-refractivity contribution in [2.75, 3.05) is 44.3 Å². The lowest BCUT2D eigenvalue weighted by Gasteiger charge is -2.34. The van der Waals surface area contributed by atoms with Crippen LogP contribution >= 0.6 is 24.0 Å². The second kappa shape index (κ2) is 11.0. The Morgan fingerprint density at radius 3 is 2.70 bits per heavy atom. The van der Waals surface area contributed by atoms with Gasteiger partial charge in [0.05, 0.1) is 12.1 Å². The predicted octanol–water partition coefficient (Wildman–Crippen LogP) is 1.76. The number of rotatable bonds is 5. The van der Waals surface area contributed by atoms with Crippen molar-refractivity contribution in [2.24, 2.45) is 4.99 Å². The molecule has 8 heteroatoms. The molecular formula is C19H32IN5O2. The maximum absolute atomic E-state index is 10.6. The van der Waals surface area contributed by atoms with Gasteiger partial charge in [-0.1, -0.05) is 6.07 Å². The number of aromatic nitrogens is 1. The summed E-state index contributed by atoms with van der Waals surface area (Å²) in [5.41, 5.74) is -0.733. The van der Waals surface area contributed by atoms with Gasteiger partial charge in [-0.05, 0) is 31.9 Å². The molecule has 152 valence electrons. The summed E-state index contributed by atoms with van der Waals surface area (Å²) >= 11 is 0. The second-order valence-corrected chi connectivity index (χ2v) is 7.13. The Kier molecular flexibility index (Phi) is 9.04. The van der Waals surface area contributed by atoms with Gasteiger partial charge in [0.1, 0.15) is 5.82 Å². The molecule has 0 radical (unpaired) electrons. The lowest BCUT2D eigenvalue weighted by molar-refractivity contribution is -0.0566. The number of hydrogen-bond donors (Lipinski definition) is 3. The molecule has 3 rings (SSSR count). The van der Waals surface area contributed by atoms with Crippen molar-refractivity contribution in [3.63, 3.8) is 0 Å². The number of aliphatic imine (C=N–C) groups is 1. The quantitative estimate of drug-likeness (QED) is 0.333. The van der Waals surface area contributed by atoms with E-state index < -0.39 is 5.60 Å². The van der Waals surface area contributed by atoms with Crippen LogP contribution in [0.3, 0.4) is 0 Å². The number of piperidine rings is 1. The van der Waals surface area contributed by atoms with Gasteiger partial charge in [0.2, 0.25) is 0 Å². The number of hydrogen-bond acceptors (Lipinski definition) is 5. The van der Waals surface area contributed by atoms with Crippen LogP contribution in [0.1, 0.15) is 32.6 Å². The first-order chi connectivity index (χ1) is 12.7. The topological polar surface area (TPSA) is 82.0 Å². The number of anilines is 1. The maximum atomic E-state index is 10.6. The Hall–Kier alpha value is -1.13.